The number of esters is 1. The Kier molecular flexibility index (Phi) is 5.19. The van der Waals surface area contributed by atoms with E-state index in [2.05, 4.69) is 16.7 Å². The van der Waals surface area contributed by atoms with Gasteiger partial charge in [0, 0.05) is 24.9 Å². The molecule has 4 heteroatoms. The number of carbonyl (C=O) groups is 1. The highest BCUT2D eigenvalue weighted by Gasteiger charge is 2.13. The summed E-state index contributed by atoms with van der Waals surface area (Å²) >= 11 is 0. The molecule has 0 bridgehead atoms. The van der Waals surface area contributed by atoms with Gasteiger partial charge in [0.05, 0.1) is 19.8 Å². The smallest absolute Gasteiger partial charge is 0.339 e. The third kappa shape index (κ3) is 4.10. The number of nitrogens with zero attached hydrogens (tertiary/aromatic N) is 1. The predicted molar refractivity (Wildman–Crippen MR) is 97.1 cm³/mol. The molecule has 0 atom stereocenters. The number of methoxy groups -OCH3 is 2. The van der Waals surface area contributed by atoms with Gasteiger partial charge in [-0.05, 0) is 29.3 Å². The Labute approximate surface area is 147 Å². The monoisotopic (exact) mass is 335 g/mol. The number of aromatic nitrogens is 1. The van der Waals surface area contributed by atoms with Gasteiger partial charge in [-0.25, -0.2) is 4.79 Å². The third-order valence-electron chi connectivity index (χ3n) is 4.15. The quantitative estimate of drug-likeness (QED) is 0.641. The fourth-order valence-electron chi connectivity index (χ4n) is 2.81. The number of carbonyl (C=O) groups excluding carboxylic acids is 1. The highest BCUT2D eigenvalue weighted by atomic mass is 16.5. The Hall–Kier alpha value is -3.01. The van der Waals surface area contributed by atoms with Crippen molar-refractivity contribution in [2.24, 2.45) is 0 Å². The summed E-state index contributed by atoms with van der Waals surface area (Å²) in [5, 5.41) is 0. The number of rotatable bonds is 6. The first-order valence-electron chi connectivity index (χ1n) is 8.14. The van der Waals surface area contributed by atoms with Crippen LogP contribution in [-0.2, 0) is 17.7 Å². The summed E-state index contributed by atoms with van der Waals surface area (Å²) in [5.41, 5.74) is 3.98. The Morgan fingerprint density at radius 2 is 1.68 bits per heavy atom. The maximum Gasteiger partial charge on any atom is 0.339 e. The molecule has 3 aromatic rings. The zero-order valence-electron chi connectivity index (χ0n) is 14.4. The van der Waals surface area contributed by atoms with E-state index in [0.717, 1.165) is 23.4 Å². The molecule has 1 aromatic heterocycles. The van der Waals surface area contributed by atoms with Crippen LogP contribution in [0.15, 0.2) is 66.9 Å². The summed E-state index contributed by atoms with van der Waals surface area (Å²) in [4.78, 5) is 11.9. The fraction of sp³-hybridized carbons (Fsp3) is 0.190. The van der Waals surface area contributed by atoms with Crippen molar-refractivity contribution in [3.8, 4) is 5.75 Å². The van der Waals surface area contributed by atoms with Crippen LogP contribution in [0.1, 0.15) is 27.2 Å². The molecule has 0 N–H and O–H groups in total. The highest BCUT2D eigenvalue weighted by Crippen LogP contribution is 2.19. The van der Waals surface area contributed by atoms with Crippen molar-refractivity contribution >= 4 is 5.97 Å². The van der Waals surface area contributed by atoms with Gasteiger partial charge in [0.25, 0.3) is 0 Å². The highest BCUT2D eigenvalue weighted by molar-refractivity contribution is 5.89. The molecule has 0 unspecified atom stereocenters. The van der Waals surface area contributed by atoms with E-state index in [0.29, 0.717) is 12.1 Å². The van der Waals surface area contributed by atoms with Crippen LogP contribution in [0.4, 0.5) is 0 Å². The first-order chi connectivity index (χ1) is 12.2. The van der Waals surface area contributed by atoms with E-state index in [9.17, 15) is 4.79 Å². The number of hydrogen-bond donors (Lipinski definition) is 0. The van der Waals surface area contributed by atoms with Crippen LogP contribution in [0.25, 0.3) is 0 Å². The van der Waals surface area contributed by atoms with Crippen LogP contribution in [0.5, 0.6) is 5.75 Å². The van der Waals surface area contributed by atoms with Crippen molar-refractivity contribution in [1.29, 1.82) is 0 Å². The zero-order valence-corrected chi connectivity index (χ0v) is 14.4. The molecular formula is C21H21NO3. The van der Waals surface area contributed by atoms with Crippen molar-refractivity contribution in [3.63, 3.8) is 0 Å². The van der Waals surface area contributed by atoms with E-state index >= 15 is 0 Å². The van der Waals surface area contributed by atoms with Crippen LogP contribution in [0.3, 0.4) is 0 Å². The average molecular weight is 335 g/mol. The molecule has 128 valence electrons. The summed E-state index contributed by atoms with van der Waals surface area (Å²) in [6, 6.07) is 20.1. The number of benzene rings is 2. The van der Waals surface area contributed by atoms with Crippen LogP contribution >= 0.6 is 0 Å². The number of ether oxygens (including phenoxy) is 2. The van der Waals surface area contributed by atoms with Crippen molar-refractivity contribution < 1.29 is 14.3 Å². The Bertz CT molecular complexity index is 835. The molecular weight excluding hydrogens is 314 g/mol. The van der Waals surface area contributed by atoms with Gasteiger partial charge in [0.15, 0.2) is 0 Å². The second-order valence-electron chi connectivity index (χ2n) is 5.85. The van der Waals surface area contributed by atoms with Gasteiger partial charge in [-0.15, -0.1) is 0 Å². The third-order valence-corrected chi connectivity index (χ3v) is 4.15. The molecule has 0 saturated heterocycles. The van der Waals surface area contributed by atoms with E-state index in [1.807, 2.05) is 54.7 Å². The SMILES string of the molecule is COC(=O)c1cc(Cc2ccc(OC)cc2)n(Cc2ccccc2)c1. The Morgan fingerprint density at radius 3 is 2.32 bits per heavy atom. The van der Waals surface area contributed by atoms with Crippen molar-refractivity contribution in [3.05, 3.63) is 89.2 Å². The van der Waals surface area contributed by atoms with E-state index < -0.39 is 0 Å². The molecule has 0 radical (unpaired) electrons. The van der Waals surface area contributed by atoms with Gasteiger partial charge in [-0.3, -0.25) is 0 Å². The molecule has 0 amide bonds. The van der Waals surface area contributed by atoms with Gasteiger partial charge in [0.1, 0.15) is 5.75 Å². The molecule has 0 aliphatic heterocycles. The lowest BCUT2D eigenvalue weighted by atomic mass is 10.1. The molecule has 0 fully saturated rings. The van der Waals surface area contributed by atoms with Gasteiger partial charge >= 0.3 is 5.97 Å². The first-order valence-corrected chi connectivity index (χ1v) is 8.14. The fourth-order valence-corrected chi connectivity index (χ4v) is 2.81. The number of hydrogen-bond acceptors (Lipinski definition) is 3. The van der Waals surface area contributed by atoms with E-state index in [-0.39, 0.29) is 5.97 Å². The summed E-state index contributed by atoms with van der Waals surface area (Å²) in [7, 11) is 3.06. The van der Waals surface area contributed by atoms with E-state index in [4.69, 9.17) is 9.47 Å². The van der Waals surface area contributed by atoms with Crippen molar-refractivity contribution in [1.82, 2.24) is 4.57 Å². The Balaban J connectivity index is 1.89. The molecule has 0 saturated carbocycles. The minimum atomic E-state index is -0.317. The normalized spacial score (nSPS) is 10.5. The molecule has 3 rings (SSSR count). The molecule has 0 aliphatic carbocycles. The minimum Gasteiger partial charge on any atom is -0.497 e. The van der Waals surface area contributed by atoms with Gasteiger partial charge in [-0.2, -0.15) is 0 Å². The largest absolute Gasteiger partial charge is 0.497 e. The van der Waals surface area contributed by atoms with Crippen LogP contribution < -0.4 is 4.74 Å². The van der Waals surface area contributed by atoms with Gasteiger partial charge in [0.2, 0.25) is 0 Å². The lowest BCUT2D eigenvalue weighted by molar-refractivity contribution is 0.0600. The molecule has 2 aromatic carbocycles. The van der Waals surface area contributed by atoms with Crippen molar-refractivity contribution in [2.75, 3.05) is 14.2 Å². The maximum absolute atomic E-state index is 11.9. The lowest BCUT2D eigenvalue weighted by Gasteiger charge is -2.10. The van der Waals surface area contributed by atoms with Crippen LogP contribution in [-0.4, -0.2) is 24.8 Å². The summed E-state index contributed by atoms with van der Waals surface area (Å²) in [6.45, 7) is 0.712. The maximum atomic E-state index is 11.9. The molecule has 0 spiro atoms. The predicted octanol–water partition coefficient (Wildman–Crippen LogP) is 3.92. The zero-order chi connectivity index (χ0) is 17.6. The van der Waals surface area contributed by atoms with E-state index in [1.54, 1.807) is 7.11 Å². The minimum absolute atomic E-state index is 0.317. The van der Waals surface area contributed by atoms with Crippen molar-refractivity contribution in [2.45, 2.75) is 13.0 Å². The standard InChI is InChI=1S/C21H21NO3/c1-24-20-10-8-16(9-11-20)12-19-13-18(21(23)25-2)15-22(19)14-17-6-4-3-5-7-17/h3-11,13,15H,12,14H2,1-2H3. The topological polar surface area (TPSA) is 40.5 Å². The lowest BCUT2D eigenvalue weighted by Crippen LogP contribution is -2.04. The van der Waals surface area contributed by atoms with Gasteiger partial charge in [-0.1, -0.05) is 42.5 Å². The summed E-state index contributed by atoms with van der Waals surface area (Å²) in [5.74, 6) is 0.515. The molecule has 25 heavy (non-hydrogen) atoms. The van der Waals surface area contributed by atoms with Gasteiger partial charge < -0.3 is 14.0 Å². The molecule has 4 nitrogen and oxygen atoms in total. The first kappa shape index (κ1) is 16.8. The average Bonchev–Trinajstić information content (AvgIpc) is 3.05. The second kappa shape index (κ2) is 7.71. The van der Waals surface area contributed by atoms with E-state index in [1.165, 1.54) is 12.7 Å². The van der Waals surface area contributed by atoms with Crippen LogP contribution in [0, 0.1) is 0 Å². The van der Waals surface area contributed by atoms with Crippen LogP contribution in [0.2, 0.25) is 0 Å². The second-order valence-corrected chi connectivity index (χ2v) is 5.85. The summed E-state index contributed by atoms with van der Waals surface area (Å²) < 4.78 is 12.2. The Morgan fingerprint density at radius 1 is 0.960 bits per heavy atom. The molecule has 1 heterocycles. The molecule has 0 aliphatic rings. The summed E-state index contributed by atoms with van der Waals surface area (Å²) in [6.07, 6.45) is 2.59.